The summed E-state index contributed by atoms with van der Waals surface area (Å²) in [6.07, 6.45) is 1.33. The summed E-state index contributed by atoms with van der Waals surface area (Å²) in [5.74, 6) is 1.34. The second-order valence-corrected chi connectivity index (χ2v) is 8.59. The molecule has 6 heteroatoms. The predicted octanol–water partition coefficient (Wildman–Crippen LogP) is 4.92. The summed E-state index contributed by atoms with van der Waals surface area (Å²) < 4.78 is 11.2. The van der Waals surface area contributed by atoms with E-state index >= 15 is 0 Å². The van der Waals surface area contributed by atoms with Crippen molar-refractivity contribution in [3.63, 3.8) is 0 Å². The van der Waals surface area contributed by atoms with Gasteiger partial charge in [0.05, 0.1) is 7.11 Å². The molecular weight excluding hydrogens is 416 g/mol. The van der Waals surface area contributed by atoms with Crippen LogP contribution in [0.1, 0.15) is 64.5 Å². The Hall–Kier alpha value is -3.02. The molecule has 0 unspecified atom stereocenters. The molecule has 0 saturated carbocycles. The molecule has 2 rings (SSSR count). The lowest BCUT2D eigenvalue weighted by molar-refractivity contribution is -0.143. The molecule has 2 amide bonds. The monoisotopic (exact) mass is 454 g/mol. The van der Waals surface area contributed by atoms with Crippen LogP contribution in [0.5, 0.6) is 11.5 Å². The van der Waals surface area contributed by atoms with Crippen molar-refractivity contribution < 1.29 is 19.1 Å². The Morgan fingerprint density at radius 3 is 2.21 bits per heavy atom. The van der Waals surface area contributed by atoms with Crippen molar-refractivity contribution in [2.24, 2.45) is 0 Å². The van der Waals surface area contributed by atoms with Gasteiger partial charge in [-0.25, -0.2) is 0 Å². The van der Waals surface area contributed by atoms with Crippen molar-refractivity contribution in [1.82, 2.24) is 10.2 Å². The molecule has 2 atom stereocenters. The van der Waals surface area contributed by atoms with Crippen molar-refractivity contribution in [2.75, 3.05) is 13.7 Å². The fraction of sp³-hybridized carbons (Fsp3) is 0.481. The van der Waals surface area contributed by atoms with Gasteiger partial charge in [-0.3, -0.25) is 9.59 Å². The second kappa shape index (κ2) is 12.9. The largest absolute Gasteiger partial charge is 0.497 e. The number of methoxy groups -OCH3 is 1. The minimum atomic E-state index is -0.586. The molecule has 0 bridgehead atoms. The average Bonchev–Trinajstić information content (AvgIpc) is 2.82. The van der Waals surface area contributed by atoms with Gasteiger partial charge in [-0.05, 0) is 55.0 Å². The molecule has 0 aliphatic rings. The minimum absolute atomic E-state index is 0.0404. The molecule has 0 radical (unpaired) electrons. The molecule has 0 saturated heterocycles. The molecule has 6 nitrogen and oxygen atoms in total. The Morgan fingerprint density at radius 1 is 0.970 bits per heavy atom. The van der Waals surface area contributed by atoms with E-state index in [1.165, 1.54) is 0 Å². The Balaban J connectivity index is 2.25. The summed E-state index contributed by atoms with van der Waals surface area (Å²) in [6, 6.07) is 14.7. The van der Waals surface area contributed by atoms with Crippen LogP contribution in [0.4, 0.5) is 0 Å². The number of rotatable bonds is 12. The Bertz CT molecular complexity index is 895. The van der Waals surface area contributed by atoms with Gasteiger partial charge in [0, 0.05) is 12.6 Å². The predicted molar refractivity (Wildman–Crippen MR) is 132 cm³/mol. The molecule has 2 aromatic rings. The zero-order valence-electron chi connectivity index (χ0n) is 20.8. The van der Waals surface area contributed by atoms with Crippen molar-refractivity contribution in [1.29, 1.82) is 0 Å². The third kappa shape index (κ3) is 7.52. The second-order valence-electron chi connectivity index (χ2n) is 8.59. The van der Waals surface area contributed by atoms with Crippen LogP contribution in [0.3, 0.4) is 0 Å². The molecule has 33 heavy (non-hydrogen) atoms. The van der Waals surface area contributed by atoms with Crippen LogP contribution in [-0.4, -0.2) is 42.5 Å². The first-order valence-electron chi connectivity index (χ1n) is 11.7. The molecular formula is C27H38N2O4. The van der Waals surface area contributed by atoms with Gasteiger partial charge in [0.2, 0.25) is 5.91 Å². The van der Waals surface area contributed by atoms with Crippen LogP contribution < -0.4 is 14.8 Å². The van der Waals surface area contributed by atoms with Gasteiger partial charge in [-0.1, -0.05) is 58.0 Å². The molecule has 0 spiro atoms. The molecule has 0 fully saturated rings. The van der Waals surface area contributed by atoms with E-state index in [0.717, 1.165) is 23.3 Å². The maximum absolute atomic E-state index is 13.4. The maximum Gasteiger partial charge on any atom is 0.261 e. The fourth-order valence-electron chi connectivity index (χ4n) is 3.60. The number of ether oxygens (including phenoxy) is 2. The highest BCUT2D eigenvalue weighted by molar-refractivity contribution is 5.88. The maximum atomic E-state index is 13.4. The van der Waals surface area contributed by atoms with Crippen molar-refractivity contribution >= 4 is 11.8 Å². The van der Waals surface area contributed by atoms with Crippen molar-refractivity contribution in [3.05, 3.63) is 59.7 Å². The number of amides is 2. The SMILES string of the molecule is CC[C@@H](C)NC(=O)[C@H](CC)N(Cc1ccc(OC)cc1)C(=O)COc1ccccc1C(C)C. The Labute approximate surface area is 198 Å². The van der Waals surface area contributed by atoms with Gasteiger partial charge in [-0.2, -0.15) is 0 Å². The zero-order valence-corrected chi connectivity index (χ0v) is 20.8. The van der Waals surface area contributed by atoms with E-state index in [9.17, 15) is 9.59 Å². The Morgan fingerprint density at radius 2 is 1.64 bits per heavy atom. The van der Waals surface area contributed by atoms with Gasteiger partial charge < -0.3 is 19.7 Å². The van der Waals surface area contributed by atoms with Gasteiger partial charge in [0.25, 0.3) is 5.91 Å². The molecule has 0 aliphatic carbocycles. The van der Waals surface area contributed by atoms with Crippen LogP contribution in [0, 0.1) is 0 Å². The average molecular weight is 455 g/mol. The number of hydrogen-bond acceptors (Lipinski definition) is 4. The first-order chi connectivity index (χ1) is 15.8. The first-order valence-corrected chi connectivity index (χ1v) is 11.7. The summed E-state index contributed by atoms with van der Waals surface area (Å²) in [5.41, 5.74) is 1.97. The van der Waals surface area contributed by atoms with E-state index in [4.69, 9.17) is 9.47 Å². The summed E-state index contributed by atoms with van der Waals surface area (Å²) in [6.45, 7) is 10.3. The quantitative estimate of drug-likeness (QED) is 0.494. The molecule has 1 N–H and O–H groups in total. The van der Waals surface area contributed by atoms with Crippen molar-refractivity contribution in [2.45, 2.75) is 72.0 Å². The van der Waals surface area contributed by atoms with E-state index in [2.05, 4.69) is 19.2 Å². The van der Waals surface area contributed by atoms with E-state index in [1.54, 1.807) is 12.0 Å². The summed E-state index contributed by atoms with van der Waals surface area (Å²) in [4.78, 5) is 28.0. The normalized spacial score (nSPS) is 12.7. The summed E-state index contributed by atoms with van der Waals surface area (Å²) in [5, 5.41) is 3.02. The standard InChI is InChI=1S/C27H38N2O4/c1-7-20(5)28-27(31)24(8-2)29(17-21-13-15-22(32-6)16-14-21)26(30)18-33-25-12-10-9-11-23(25)19(3)4/h9-16,19-20,24H,7-8,17-18H2,1-6H3,(H,28,31)/t20-,24+/m1/s1. The summed E-state index contributed by atoms with van der Waals surface area (Å²) in [7, 11) is 1.61. The molecule has 180 valence electrons. The summed E-state index contributed by atoms with van der Waals surface area (Å²) >= 11 is 0. The molecule has 2 aromatic carbocycles. The van der Waals surface area contributed by atoms with E-state index in [1.807, 2.05) is 69.3 Å². The number of nitrogens with one attached hydrogen (secondary N) is 1. The van der Waals surface area contributed by atoms with Gasteiger partial charge in [0.15, 0.2) is 6.61 Å². The third-order valence-corrected chi connectivity index (χ3v) is 5.79. The Kier molecular flexibility index (Phi) is 10.2. The minimum Gasteiger partial charge on any atom is -0.497 e. The highest BCUT2D eigenvalue weighted by atomic mass is 16.5. The number of hydrogen-bond donors (Lipinski definition) is 1. The van der Waals surface area contributed by atoms with Gasteiger partial charge in [0.1, 0.15) is 17.5 Å². The van der Waals surface area contributed by atoms with Crippen LogP contribution in [0.25, 0.3) is 0 Å². The van der Waals surface area contributed by atoms with Crippen LogP contribution in [-0.2, 0) is 16.1 Å². The van der Waals surface area contributed by atoms with Crippen molar-refractivity contribution in [3.8, 4) is 11.5 Å². The van der Waals surface area contributed by atoms with E-state index in [-0.39, 0.29) is 30.4 Å². The molecule has 0 aromatic heterocycles. The van der Waals surface area contributed by atoms with Crippen LogP contribution in [0.15, 0.2) is 48.5 Å². The van der Waals surface area contributed by atoms with Crippen LogP contribution in [0.2, 0.25) is 0 Å². The lowest BCUT2D eigenvalue weighted by Gasteiger charge is -2.31. The number of carbonyl (C=O) groups excluding carboxylic acids is 2. The number of nitrogens with zero attached hydrogens (tertiary/aromatic N) is 1. The smallest absolute Gasteiger partial charge is 0.261 e. The highest BCUT2D eigenvalue weighted by Crippen LogP contribution is 2.26. The zero-order chi connectivity index (χ0) is 24.4. The third-order valence-electron chi connectivity index (χ3n) is 5.79. The number of carbonyl (C=O) groups is 2. The highest BCUT2D eigenvalue weighted by Gasteiger charge is 2.29. The first kappa shape index (κ1) is 26.2. The van der Waals surface area contributed by atoms with E-state index in [0.29, 0.717) is 18.7 Å². The molecule has 0 heterocycles. The van der Waals surface area contributed by atoms with Gasteiger partial charge in [-0.15, -0.1) is 0 Å². The van der Waals surface area contributed by atoms with Gasteiger partial charge >= 0.3 is 0 Å². The lowest BCUT2D eigenvalue weighted by atomic mass is 10.0. The number of benzene rings is 2. The molecule has 0 aliphatic heterocycles. The number of para-hydroxylation sites is 1. The lowest BCUT2D eigenvalue weighted by Crippen LogP contribution is -2.51. The van der Waals surface area contributed by atoms with Crippen LogP contribution >= 0.6 is 0 Å². The topological polar surface area (TPSA) is 67.9 Å². The van der Waals surface area contributed by atoms with E-state index < -0.39 is 6.04 Å². The fourth-order valence-corrected chi connectivity index (χ4v) is 3.60.